The van der Waals surface area contributed by atoms with Crippen LogP contribution in [0.15, 0.2) is 59.1 Å². The molecule has 2 aromatic rings. The largest absolute Gasteiger partial charge is 0.366 e. The molecule has 0 aromatic heterocycles. The van der Waals surface area contributed by atoms with Crippen molar-refractivity contribution in [2.75, 3.05) is 18.0 Å². The lowest BCUT2D eigenvalue weighted by molar-refractivity contribution is 0.403. The molecule has 2 nitrogen and oxygen atoms in total. The van der Waals surface area contributed by atoms with Crippen molar-refractivity contribution < 1.29 is 0 Å². The van der Waals surface area contributed by atoms with Crippen molar-refractivity contribution in [3.05, 3.63) is 64.6 Å². The lowest BCUT2D eigenvalue weighted by Gasteiger charge is -2.40. The molecule has 110 valence electrons. The second-order valence-corrected chi connectivity index (χ2v) is 6.69. The third kappa shape index (κ3) is 3.66. The third-order valence-corrected chi connectivity index (χ3v) is 4.61. The molecule has 1 saturated heterocycles. The average Bonchev–Trinajstić information content (AvgIpc) is 2.50. The molecule has 0 saturated carbocycles. The highest BCUT2D eigenvalue weighted by Gasteiger charge is 2.25. The van der Waals surface area contributed by atoms with Gasteiger partial charge in [0.1, 0.15) is 0 Å². The monoisotopic (exact) mass is 344 g/mol. The van der Waals surface area contributed by atoms with E-state index in [0.29, 0.717) is 12.1 Å². The van der Waals surface area contributed by atoms with Crippen LogP contribution in [0.2, 0.25) is 0 Å². The lowest BCUT2D eigenvalue weighted by Crippen LogP contribution is -2.56. The Hall–Kier alpha value is -1.32. The summed E-state index contributed by atoms with van der Waals surface area (Å²) in [4.78, 5) is 2.51. The average molecular weight is 345 g/mol. The molecule has 1 aliphatic rings. The minimum absolute atomic E-state index is 0.502. The van der Waals surface area contributed by atoms with Crippen molar-refractivity contribution in [3.8, 4) is 0 Å². The van der Waals surface area contributed by atoms with E-state index < -0.39 is 0 Å². The Morgan fingerprint density at radius 2 is 1.95 bits per heavy atom. The van der Waals surface area contributed by atoms with E-state index in [1.807, 2.05) is 0 Å². The van der Waals surface area contributed by atoms with Gasteiger partial charge in [0.15, 0.2) is 0 Å². The van der Waals surface area contributed by atoms with Crippen LogP contribution in [0.4, 0.5) is 5.69 Å². The van der Waals surface area contributed by atoms with E-state index in [-0.39, 0.29) is 0 Å². The van der Waals surface area contributed by atoms with Gasteiger partial charge in [-0.2, -0.15) is 0 Å². The number of piperazine rings is 1. The van der Waals surface area contributed by atoms with Gasteiger partial charge in [0.2, 0.25) is 0 Å². The molecule has 1 aliphatic heterocycles. The van der Waals surface area contributed by atoms with Gasteiger partial charge in [-0.15, -0.1) is 0 Å². The van der Waals surface area contributed by atoms with Gasteiger partial charge in [0.05, 0.1) is 0 Å². The van der Waals surface area contributed by atoms with Crippen LogP contribution >= 0.6 is 15.9 Å². The molecule has 0 radical (unpaired) electrons. The van der Waals surface area contributed by atoms with Crippen molar-refractivity contribution >= 4 is 21.6 Å². The van der Waals surface area contributed by atoms with E-state index in [9.17, 15) is 0 Å². The zero-order valence-corrected chi connectivity index (χ0v) is 13.9. The summed E-state index contributed by atoms with van der Waals surface area (Å²) in [5.74, 6) is 0. The van der Waals surface area contributed by atoms with Crippen LogP contribution in [0.5, 0.6) is 0 Å². The molecule has 3 heteroatoms. The van der Waals surface area contributed by atoms with Crippen LogP contribution in [0.25, 0.3) is 0 Å². The fraction of sp³-hybridized carbons (Fsp3) is 0.333. The van der Waals surface area contributed by atoms with Crippen molar-refractivity contribution in [1.82, 2.24) is 5.32 Å². The normalized spacial score (nSPS) is 22.3. The molecular weight excluding hydrogens is 324 g/mol. The summed E-state index contributed by atoms with van der Waals surface area (Å²) in [5, 5.41) is 3.68. The summed E-state index contributed by atoms with van der Waals surface area (Å²) in [6.45, 7) is 4.36. The highest BCUT2D eigenvalue weighted by Crippen LogP contribution is 2.24. The van der Waals surface area contributed by atoms with Crippen LogP contribution in [0, 0.1) is 0 Å². The van der Waals surface area contributed by atoms with E-state index in [1.165, 1.54) is 11.3 Å². The fourth-order valence-corrected chi connectivity index (χ4v) is 3.37. The maximum Gasteiger partial charge on any atom is 0.0387 e. The second-order valence-electron chi connectivity index (χ2n) is 5.78. The molecule has 21 heavy (non-hydrogen) atoms. The standard InChI is InChI=1S/C18H21BrN2/c1-14-12-20-17(10-15-6-3-2-4-7-15)13-21(14)18-9-5-8-16(19)11-18/h2-9,11,14,17,20H,10,12-13H2,1H3. The second kappa shape index (κ2) is 6.63. The molecule has 0 aliphatic carbocycles. The minimum atomic E-state index is 0.502. The van der Waals surface area contributed by atoms with Gasteiger partial charge in [-0.05, 0) is 37.1 Å². The van der Waals surface area contributed by atoms with Crippen molar-refractivity contribution in [2.45, 2.75) is 25.4 Å². The zero-order chi connectivity index (χ0) is 14.7. The fourth-order valence-electron chi connectivity index (χ4n) is 2.98. The number of rotatable bonds is 3. The van der Waals surface area contributed by atoms with Crippen molar-refractivity contribution in [3.63, 3.8) is 0 Å². The summed E-state index contributed by atoms with van der Waals surface area (Å²) in [6, 6.07) is 20.4. The number of nitrogens with zero attached hydrogens (tertiary/aromatic N) is 1. The number of nitrogens with one attached hydrogen (secondary N) is 1. The van der Waals surface area contributed by atoms with Gasteiger partial charge in [-0.3, -0.25) is 0 Å². The Labute approximate surface area is 135 Å². The summed E-state index contributed by atoms with van der Waals surface area (Å²) in [6.07, 6.45) is 1.08. The van der Waals surface area contributed by atoms with Crippen LogP contribution < -0.4 is 10.2 Å². The molecule has 2 atom stereocenters. The SMILES string of the molecule is CC1CNC(Cc2ccccc2)CN1c1cccc(Br)c1. The third-order valence-electron chi connectivity index (χ3n) is 4.12. The van der Waals surface area contributed by atoms with E-state index in [2.05, 4.69) is 87.7 Å². The zero-order valence-electron chi connectivity index (χ0n) is 12.3. The summed E-state index contributed by atoms with van der Waals surface area (Å²) < 4.78 is 1.14. The molecule has 1 heterocycles. The molecule has 0 spiro atoms. The van der Waals surface area contributed by atoms with Gasteiger partial charge >= 0.3 is 0 Å². The Kier molecular flexibility index (Phi) is 4.61. The highest BCUT2D eigenvalue weighted by atomic mass is 79.9. The van der Waals surface area contributed by atoms with E-state index in [4.69, 9.17) is 0 Å². The summed E-state index contributed by atoms with van der Waals surface area (Å²) >= 11 is 3.58. The molecule has 0 amide bonds. The lowest BCUT2D eigenvalue weighted by atomic mass is 10.0. The van der Waals surface area contributed by atoms with Crippen LogP contribution in [-0.4, -0.2) is 25.2 Å². The maximum atomic E-state index is 3.68. The van der Waals surface area contributed by atoms with Crippen molar-refractivity contribution in [2.24, 2.45) is 0 Å². The number of anilines is 1. The van der Waals surface area contributed by atoms with Crippen LogP contribution in [-0.2, 0) is 6.42 Å². The Morgan fingerprint density at radius 3 is 2.71 bits per heavy atom. The Balaban J connectivity index is 1.73. The van der Waals surface area contributed by atoms with E-state index in [1.54, 1.807) is 0 Å². The number of hydrogen-bond donors (Lipinski definition) is 1. The molecule has 1 N–H and O–H groups in total. The quantitative estimate of drug-likeness (QED) is 0.909. The van der Waals surface area contributed by atoms with Gasteiger partial charge in [-0.1, -0.05) is 52.3 Å². The van der Waals surface area contributed by atoms with Gasteiger partial charge in [0, 0.05) is 35.3 Å². The van der Waals surface area contributed by atoms with Crippen LogP contribution in [0.1, 0.15) is 12.5 Å². The Bertz CT molecular complexity index is 585. The molecule has 1 fully saturated rings. The first-order valence-electron chi connectivity index (χ1n) is 7.52. The number of benzene rings is 2. The maximum absolute atomic E-state index is 3.68. The topological polar surface area (TPSA) is 15.3 Å². The van der Waals surface area contributed by atoms with E-state index >= 15 is 0 Å². The highest BCUT2D eigenvalue weighted by molar-refractivity contribution is 9.10. The summed E-state index contributed by atoms with van der Waals surface area (Å²) in [5.41, 5.74) is 2.70. The molecule has 2 aromatic carbocycles. The van der Waals surface area contributed by atoms with Gasteiger partial charge < -0.3 is 10.2 Å². The molecule has 3 rings (SSSR count). The van der Waals surface area contributed by atoms with E-state index in [0.717, 1.165) is 24.0 Å². The predicted molar refractivity (Wildman–Crippen MR) is 92.9 cm³/mol. The Morgan fingerprint density at radius 1 is 1.14 bits per heavy atom. The predicted octanol–water partition coefficient (Wildman–Crippen LogP) is 3.86. The first-order chi connectivity index (χ1) is 10.2. The van der Waals surface area contributed by atoms with Crippen molar-refractivity contribution in [1.29, 1.82) is 0 Å². The van der Waals surface area contributed by atoms with Gasteiger partial charge in [0.25, 0.3) is 0 Å². The smallest absolute Gasteiger partial charge is 0.0387 e. The van der Waals surface area contributed by atoms with Crippen LogP contribution in [0.3, 0.4) is 0 Å². The first kappa shape index (κ1) is 14.6. The van der Waals surface area contributed by atoms with Gasteiger partial charge in [-0.25, -0.2) is 0 Å². The molecule has 2 unspecified atom stereocenters. The molecular formula is C18H21BrN2. The minimum Gasteiger partial charge on any atom is -0.366 e. The summed E-state index contributed by atoms with van der Waals surface area (Å²) in [7, 11) is 0. The molecule has 0 bridgehead atoms. The number of hydrogen-bond acceptors (Lipinski definition) is 2. The number of halogens is 1. The first-order valence-corrected chi connectivity index (χ1v) is 8.31.